The van der Waals surface area contributed by atoms with Crippen LogP contribution in [0.15, 0.2) is 35.4 Å². The van der Waals surface area contributed by atoms with Crippen LogP contribution in [0.4, 0.5) is 0 Å². The third-order valence-corrected chi connectivity index (χ3v) is 2.91. The summed E-state index contributed by atoms with van der Waals surface area (Å²) in [7, 11) is 0. The van der Waals surface area contributed by atoms with E-state index >= 15 is 0 Å². The standard InChI is InChI=1S/C14H8N4O3/c1-2-8-3-4-11-10(5-8)12(19)17-14(16-11)18-7-9(6-15-18)13(20)21/h1,3-7H,(H,20,21)(H,16,17,19). The minimum atomic E-state index is -1.11. The molecule has 0 saturated heterocycles. The molecule has 0 bridgehead atoms. The maximum Gasteiger partial charge on any atom is 0.338 e. The zero-order valence-electron chi connectivity index (χ0n) is 10.6. The normalized spacial score (nSPS) is 10.4. The molecule has 1 aromatic carbocycles. The first-order valence-corrected chi connectivity index (χ1v) is 5.87. The quantitative estimate of drug-likeness (QED) is 0.676. The van der Waals surface area contributed by atoms with E-state index in [1.807, 2.05) is 0 Å². The van der Waals surface area contributed by atoms with Crippen molar-refractivity contribution >= 4 is 16.9 Å². The molecule has 0 amide bonds. The number of nitrogens with one attached hydrogen (secondary N) is 1. The highest BCUT2D eigenvalue weighted by atomic mass is 16.4. The van der Waals surface area contributed by atoms with Crippen molar-refractivity contribution in [3.63, 3.8) is 0 Å². The van der Waals surface area contributed by atoms with Crippen LogP contribution in [0, 0.1) is 12.3 Å². The zero-order chi connectivity index (χ0) is 15.0. The Morgan fingerprint density at radius 2 is 2.24 bits per heavy atom. The van der Waals surface area contributed by atoms with Gasteiger partial charge in [-0.25, -0.2) is 14.5 Å². The molecule has 0 radical (unpaired) electrons. The molecule has 7 nitrogen and oxygen atoms in total. The minimum absolute atomic E-state index is 0.000394. The fourth-order valence-corrected chi connectivity index (χ4v) is 1.87. The zero-order valence-corrected chi connectivity index (χ0v) is 10.6. The molecule has 0 fully saturated rings. The van der Waals surface area contributed by atoms with Crippen molar-refractivity contribution in [2.45, 2.75) is 0 Å². The number of fused-ring (bicyclic) bond motifs is 1. The number of aromatic nitrogens is 4. The summed E-state index contributed by atoms with van der Waals surface area (Å²) in [5.74, 6) is 1.47. The van der Waals surface area contributed by atoms with Gasteiger partial charge in [-0.15, -0.1) is 6.42 Å². The Labute approximate surface area is 117 Å². The molecule has 3 aromatic rings. The van der Waals surface area contributed by atoms with Gasteiger partial charge in [0.2, 0.25) is 5.95 Å². The second-order valence-electron chi connectivity index (χ2n) is 4.24. The van der Waals surface area contributed by atoms with Crippen LogP contribution in [0.5, 0.6) is 0 Å². The molecule has 2 heterocycles. The number of benzene rings is 1. The molecule has 0 atom stereocenters. The van der Waals surface area contributed by atoms with Crippen LogP contribution in [-0.2, 0) is 0 Å². The van der Waals surface area contributed by atoms with E-state index in [9.17, 15) is 9.59 Å². The maximum atomic E-state index is 12.1. The van der Waals surface area contributed by atoms with Crippen molar-refractivity contribution in [2.24, 2.45) is 0 Å². The number of carboxylic acid groups (broad SMARTS) is 1. The predicted molar refractivity (Wildman–Crippen MR) is 74.4 cm³/mol. The van der Waals surface area contributed by atoms with Gasteiger partial charge in [-0.2, -0.15) is 5.10 Å². The van der Waals surface area contributed by atoms with Crippen LogP contribution >= 0.6 is 0 Å². The fourth-order valence-electron chi connectivity index (χ4n) is 1.87. The van der Waals surface area contributed by atoms with Gasteiger partial charge in [0, 0.05) is 11.8 Å². The number of H-pyrrole nitrogens is 1. The van der Waals surface area contributed by atoms with Gasteiger partial charge in [-0.05, 0) is 18.2 Å². The second-order valence-corrected chi connectivity index (χ2v) is 4.24. The fraction of sp³-hybridized carbons (Fsp3) is 0. The van der Waals surface area contributed by atoms with Crippen LogP contribution in [-0.4, -0.2) is 30.8 Å². The van der Waals surface area contributed by atoms with E-state index in [0.29, 0.717) is 16.5 Å². The van der Waals surface area contributed by atoms with Crippen LogP contribution in [0.25, 0.3) is 16.9 Å². The summed E-state index contributed by atoms with van der Waals surface area (Å²) in [5.41, 5.74) is 0.648. The van der Waals surface area contributed by atoms with E-state index in [-0.39, 0.29) is 17.1 Å². The molecule has 3 rings (SSSR count). The van der Waals surface area contributed by atoms with Gasteiger partial charge >= 0.3 is 5.97 Å². The van der Waals surface area contributed by atoms with E-state index < -0.39 is 5.97 Å². The number of aromatic carboxylic acids is 1. The number of hydrogen-bond donors (Lipinski definition) is 2. The van der Waals surface area contributed by atoms with Crippen LogP contribution in [0.1, 0.15) is 15.9 Å². The van der Waals surface area contributed by atoms with Gasteiger partial charge in [-0.1, -0.05) is 5.92 Å². The second kappa shape index (κ2) is 4.61. The summed E-state index contributed by atoms with van der Waals surface area (Å²) in [4.78, 5) is 29.7. The van der Waals surface area contributed by atoms with Crippen LogP contribution < -0.4 is 5.56 Å². The largest absolute Gasteiger partial charge is 0.478 e. The average molecular weight is 280 g/mol. The number of carbonyl (C=O) groups is 1. The van der Waals surface area contributed by atoms with Gasteiger partial charge in [0.1, 0.15) is 0 Å². The molecule has 102 valence electrons. The van der Waals surface area contributed by atoms with E-state index in [1.54, 1.807) is 18.2 Å². The van der Waals surface area contributed by atoms with Gasteiger partial charge in [0.05, 0.1) is 22.7 Å². The molecule has 2 N–H and O–H groups in total. The molecule has 0 spiro atoms. The first-order chi connectivity index (χ1) is 10.1. The summed E-state index contributed by atoms with van der Waals surface area (Å²) in [6.07, 6.45) is 7.73. The topological polar surface area (TPSA) is 101 Å². The smallest absolute Gasteiger partial charge is 0.338 e. The van der Waals surface area contributed by atoms with Crippen molar-refractivity contribution < 1.29 is 9.90 Å². The molecular weight excluding hydrogens is 272 g/mol. The van der Waals surface area contributed by atoms with Gasteiger partial charge < -0.3 is 5.11 Å². The summed E-state index contributed by atoms with van der Waals surface area (Å²) < 4.78 is 1.19. The Hall–Kier alpha value is -3.40. The summed E-state index contributed by atoms with van der Waals surface area (Å²) in [6.45, 7) is 0. The van der Waals surface area contributed by atoms with Gasteiger partial charge in [-0.3, -0.25) is 9.78 Å². The predicted octanol–water partition coefficient (Wildman–Crippen LogP) is 0.788. The summed E-state index contributed by atoms with van der Waals surface area (Å²) >= 11 is 0. The molecule has 21 heavy (non-hydrogen) atoms. The summed E-state index contributed by atoms with van der Waals surface area (Å²) in [6, 6.07) is 4.87. The Bertz CT molecular complexity index is 962. The van der Waals surface area contributed by atoms with E-state index in [0.717, 1.165) is 0 Å². The van der Waals surface area contributed by atoms with E-state index in [2.05, 4.69) is 21.0 Å². The van der Waals surface area contributed by atoms with E-state index in [4.69, 9.17) is 11.5 Å². The molecular formula is C14H8N4O3. The Morgan fingerprint density at radius 1 is 1.43 bits per heavy atom. The van der Waals surface area contributed by atoms with Crippen LogP contribution in [0.3, 0.4) is 0 Å². The molecule has 0 aliphatic carbocycles. The lowest BCUT2D eigenvalue weighted by Crippen LogP contribution is -2.14. The number of aromatic amines is 1. The average Bonchev–Trinajstić information content (AvgIpc) is 2.97. The first kappa shape index (κ1) is 12.6. The SMILES string of the molecule is C#Cc1ccc2nc(-n3cc(C(=O)O)cn3)[nH]c(=O)c2c1. The third-order valence-electron chi connectivity index (χ3n) is 2.91. The Kier molecular flexibility index (Phi) is 2.77. The Balaban J connectivity index is 2.18. The minimum Gasteiger partial charge on any atom is -0.478 e. The van der Waals surface area contributed by atoms with Crippen molar-refractivity contribution in [1.29, 1.82) is 0 Å². The molecule has 0 saturated carbocycles. The highest BCUT2D eigenvalue weighted by Gasteiger charge is 2.10. The number of carboxylic acids is 1. The summed E-state index contributed by atoms with van der Waals surface area (Å²) in [5, 5.41) is 13.1. The third kappa shape index (κ3) is 2.15. The highest BCUT2D eigenvalue weighted by Crippen LogP contribution is 2.11. The maximum absolute atomic E-state index is 12.1. The molecule has 0 aliphatic heterocycles. The lowest BCUT2D eigenvalue weighted by Gasteiger charge is -2.02. The molecule has 0 aliphatic rings. The number of rotatable bonds is 2. The molecule has 2 aromatic heterocycles. The van der Waals surface area contributed by atoms with Gasteiger partial charge in [0.25, 0.3) is 5.56 Å². The molecule has 7 heteroatoms. The number of terminal acetylenes is 1. The number of nitrogens with zero attached hydrogens (tertiary/aromatic N) is 3. The van der Waals surface area contributed by atoms with Crippen molar-refractivity contribution in [3.05, 3.63) is 52.1 Å². The first-order valence-electron chi connectivity index (χ1n) is 5.87. The van der Waals surface area contributed by atoms with Crippen molar-refractivity contribution in [1.82, 2.24) is 19.7 Å². The van der Waals surface area contributed by atoms with E-state index in [1.165, 1.54) is 17.1 Å². The lowest BCUT2D eigenvalue weighted by molar-refractivity contribution is 0.0697. The van der Waals surface area contributed by atoms with Gasteiger partial charge in [0.15, 0.2) is 0 Å². The van der Waals surface area contributed by atoms with Crippen molar-refractivity contribution in [2.75, 3.05) is 0 Å². The van der Waals surface area contributed by atoms with Crippen LogP contribution in [0.2, 0.25) is 0 Å². The lowest BCUT2D eigenvalue weighted by atomic mass is 10.1. The Morgan fingerprint density at radius 3 is 2.90 bits per heavy atom. The number of hydrogen-bond acceptors (Lipinski definition) is 4. The highest BCUT2D eigenvalue weighted by molar-refractivity contribution is 5.87. The van der Waals surface area contributed by atoms with Crippen molar-refractivity contribution in [3.8, 4) is 18.3 Å². The molecule has 0 unspecified atom stereocenters. The monoisotopic (exact) mass is 280 g/mol.